The van der Waals surface area contributed by atoms with Crippen LogP contribution in [0.3, 0.4) is 0 Å². The number of carboxylic acids is 1. The van der Waals surface area contributed by atoms with E-state index in [0.717, 1.165) is 0 Å². The summed E-state index contributed by atoms with van der Waals surface area (Å²) in [4.78, 5) is 11.2. The van der Waals surface area contributed by atoms with Gasteiger partial charge in [0, 0.05) is 0 Å². The van der Waals surface area contributed by atoms with E-state index >= 15 is 0 Å². The molecule has 0 fully saturated rings. The van der Waals surface area contributed by atoms with Gasteiger partial charge in [0.15, 0.2) is 0 Å². The molecule has 16 heavy (non-hydrogen) atoms. The van der Waals surface area contributed by atoms with Gasteiger partial charge in [-0.3, -0.25) is 4.79 Å². The molecule has 3 nitrogen and oxygen atoms in total. The van der Waals surface area contributed by atoms with Crippen molar-refractivity contribution < 1.29 is 14.3 Å². The lowest BCUT2D eigenvalue weighted by molar-refractivity contribution is -0.140. The average Bonchev–Trinajstić information content (AvgIpc) is 2.24. The largest absolute Gasteiger partial charge is 0.481 e. The van der Waals surface area contributed by atoms with Crippen molar-refractivity contribution in [2.75, 3.05) is 5.73 Å². The van der Waals surface area contributed by atoms with E-state index in [4.69, 9.17) is 10.8 Å². The quantitative estimate of drug-likeness (QED) is 0.774. The van der Waals surface area contributed by atoms with E-state index < -0.39 is 17.7 Å². The summed E-state index contributed by atoms with van der Waals surface area (Å²) in [7, 11) is 0. The Balaban J connectivity index is 3.21. The summed E-state index contributed by atoms with van der Waals surface area (Å²) in [6.45, 7) is 3.72. The minimum atomic E-state index is -0.966. The summed E-state index contributed by atoms with van der Waals surface area (Å²) in [6, 6.07) is 4.29. The molecule has 0 saturated heterocycles. The molecule has 2 atom stereocenters. The predicted octanol–water partition coefficient (Wildman–Crippen LogP) is 2.62. The molecule has 0 spiro atoms. The Kier molecular flexibility index (Phi) is 3.88. The highest BCUT2D eigenvalue weighted by molar-refractivity contribution is 5.79. The van der Waals surface area contributed by atoms with Crippen LogP contribution >= 0.6 is 0 Å². The topological polar surface area (TPSA) is 63.3 Å². The number of rotatable bonds is 4. The van der Waals surface area contributed by atoms with Gasteiger partial charge in [-0.2, -0.15) is 0 Å². The van der Waals surface area contributed by atoms with E-state index in [1.54, 1.807) is 6.07 Å². The SMILES string of the molecule is CCC(C)C(C(=O)O)c1cccc(F)c1N. The Labute approximate surface area is 94.1 Å². The molecule has 0 heterocycles. The number of aliphatic carboxylic acids is 1. The fourth-order valence-corrected chi connectivity index (χ4v) is 1.74. The van der Waals surface area contributed by atoms with Gasteiger partial charge in [0.2, 0.25) is 0 Å². The third-order valence-electron chi connectivity index (χ3n) is 2.90. The second-order valence-electron chi connectivity index (χ2n) is 3.94. The molecule has 0 amide bonds. The van der Waals surface area contributed by atoms with Gasteiger partial charge in [-0.1, -0.05) is 32.4 Å². The maximum absolute atomic E-state index is 13.3. The summed E-state index contributed by atoms with van der Waals surface area (Å²) in [5.74, 6) is -2.36. The average molecular weight is 225 g/mol. The van der Waals surface area contributed by atoms with Gasteiger partial charge in [-0.25, -0.2) is 4.39 Å². The minimum absolute atomic E-state index is 0.0600. The van der Waals surface area contributed by atoms with Crippen molar-refractivity contribution in [2.24, 2.45) is 5.92 Å². The fraction of sp³-hybridized carbons (Fsp3) is 0.417. The fourth-order valence-electron chi connectivity index (χ4n) is 1.74. The molecule has 1 rings (SSSR count). The number of carboxylic acid groups (broad SMARTS) is 1. The van der Waals surface area contributed by atoms with Crippen molar-refractivity contribution >= 4 is 11.7 Å². The van der Waals surface area contributed by atoms with Crippen LogP contribution in [0.25, 0.3) is 0 Å². The molecular weight excluding hydrogens is 209 g/mol. The number of hydrogen-bond acceptors (Lipinski definition) is 2. The smallest absolute Gasteiger partial charge is 0.311 e. The Morgan fingerprint density at radius 2 is 2.19 bits per heavy atom. The molecule has 0 bridgehead atoms. The highest BCUT2D eigenvalue weighted by Crippen LogP contribution is 2.32. The first-order valence-electron chi connectivity index (χ1n) is 5.25. The Hall–Kier alpha value is -1.58. The molecular formula is C12H16FNO2. The maximum atomic E-state index is 13.3. The lowest BCUT2D eigenvalue weighted by atomic mass is 9.85. The second kappa shape index (κ2) is 4.96. The van der Waals surface area contributed by atoms with Crippen molar-refractivity contribution in [3.8, 4) is 0 Å². The molecule has 1 aromatic rings. The summed E-state index contributed by atoms with van der Waals surface area (Å²) in [5, 5.41) is 9.17. The van der Waals surface area contributed by atoms with Gasteiger partial charge in [-0.05, 0) is 17.5 Å². The summed E-state index contributed by atoms with van der Waals surface area (Å²) in [6.07, 6.45) is 0.701. The van der Waals surface area contributed by atoms with Crippen molar-refractivity contribution in [1.29, 1.82) is 0 Å². The van der Waals surface area contributed by atoms with Gasteiger partial charge in [0.25, 0.3) is 0 Å². The zero-order valence-electron chi connectivity index (χ0n) is 9.40. The molecule has 1 aromatic carbocycles. The molecule has 2 unspecified atom stereocenters. The molecule has 88 valence electrons. The lowest BCUT2D eigenvalue weighted by Crippen LogP contribution is -2.20. The first kappa shape index (κ1) is 12.5. The summed E-state index contributed by atoms with van der Waals surface area (Å²) >= 11 is 0. The highest BCUT2D eigenvalue weighted by atomic mass is 19.1. The van der Waals surface area contributed by atoms with Crippen molar-refractivity contribution in [2.45, 2.75) is 26.2 Å². The standard InChI is InChI=1S/C12H16FNO2/c1-3-7(2)10(12(15)16)8-5-4-6-9(13)11(8)14/h4-7,10H,3,14H2,1-2H3,(H,15,16). The third kappa shape index (κ3) is 2.32. The third-order valence-corrected chi connectivity index (χ3v) is 2.90. The van der Waals surface area contributed by atoms with E-state index in [2.05, 4.69) is 0 Å². The highest BCUT2D eigenvalue weighted by Gasteiger charge is 2.27. The normalized spacial score (nSPS) is 14.4. The zero-order chi connectivity index (χ0) is 12.3. The van der Waals surface area contributed by atoms with Crippen LogP contribution in [-0.2, 0) is 4.79 Å². The number of para-hydroxylation sites is 1. The van der Waals surface area contributed by atoms with Gasteiger partial charge >= 0.3 is 5.97 Å². The Bertz CT molecular complexity index is 393. The monoisotopic (exact) mass is 225 g/mol. The Morgan fingerprint density at radius 3 is 2.69 bits per heavy atom. The van der Waals surface area contributed by atoms with Crippen LogP contribution in [0.4, 0.5) is 10.1 Å². The van der Waals surface area contributed by atoms with E-state index in [1.165, 1.54) is 12.1 Å². The van der Waals surface area contributed by atoms with Crippen molar-refractivity contribution in [3.05, 3.63) is 29.6 Å². The molecule has 0 saturated carbocycles. The van der Waals surface area contributed by atoms with Crippen LogP contribution in [0.5, 0.6) is 0 Å². The van der Waals surface area contributed by atoms with Crippen LogP contribution in [0.15, 0.2) is 18.2 Å². The molecule has 0 radical (unpaired) electrons. The molecule has 3 N–H and O–H groups in total. The first-order chi connectivity index (χ1) is 7.49. The maximum Gasteiger partial charge on any atom is 0.311 e. The number of hydrogen-bond donors (Lipinski definition) is 2. The zero-order valence-corrected chi connectivity index (χ0v) is 9.40. The first-order valence-corrected chi connectivity index (χ1v) is 5.25. The predicted molar refractivity (Wildman–Crippen MR) is 60.6 cm³/mol. The minimum Gasteiger partial charge on any atom is -0.481 e. The van der Waals surface area contributed by atoms with Gasteiger partial charge in [-0.15, -0.1) is 0 Å². The number of halogens is 1. The van der Waals surface area contributed by atoms with E-state index in [9.17, 15) is 9.18 Å². The van der Waals surface area contributed by atoms with Crippen molar-refractivity contribution in [3.63, 3.8) is 0 Å². The van der Waals surface area contributed by atoms with E-state index in [-0.39, 0.29) is 11.6 Å². The van der Waals surface area contributed by atoms with E-state index in [0.29, 0.717) is 12.0 Å². The summed E-state index contributed by atoms with van der Waals surface area (Å²) in [5.41, 5.74) is 5.88. The van der Waals surface area contributed by atoms with Crippen LogP contribution in [-0.4, -0.2) is 11.1 Å². The molecule has 4 heteroatoms. The second-order valence-corrected chi connectivity index (χ2v) is 3.94. The number of carbonyl (C=O) groups is 1. The van der Waals surface area contributed by atoms with Gasteiger partial charge in [0.1, 0.15) is 5.82 Å². The molecule has 0 aliphatic rings. The van der Waals surface area contributed by atoms with Crippen LogP contribution in [0.2, 0.25) is 0 Å². The molecule has 0 aliphatic carbocycles. The van der Waals surface area contributed by atoms with Gasteiger partial charge < -0.3 is 10.8 Å². The summed E-state index contributed by atoms with van der Waals surface area (Å²) < 4.78 is 13.3. The molecule has 0 aromatic heterocycles. The number of anilines is 1. The van der Waals surface area contributed by atoms with Gasteiger partial charge in [0.05, 0.1) is 11.6 Å². The number of nitrogen functional groups attached to an aromatic ring is 1. The van der Waals surface area contributed by atoms with Crippen LogP contribution in [0, 0.1) is 11.7 Å². The number of benzene rings is 1. The van der Waals surface area contributed by atoms with E-state index in [1.807, 2.05) is 13.8 Å². The molecule has 0 aliphatic heterocycles. The lowest BCUT2D eigenvalue weighted by Gasteiger charge is -2.20. The number of nitrogens with two attached hydrogens (primary N) is 1. The van der Waals surface area contributed by atoms with Crippen LogP contribution < -0.4 is 5.73 Å². The van der Waals surface area contributed by atoms with Crippen LogP contribution in [0.1, 0.15) is 31.7 Å². The van der Waals surface area contributed by atoms with Crippen molar-refractivity contribution in [1.82, 2.24) is 0 Å². The Morgan fingerprint density at radius 1 is 1.56 bits per heavy atom.